The van der Waals surface area contributed by atoms with Crippen molar-refractivity contribution in [1.82, 2.24) is 0 Å². The maximum Gasteiger partial charge on any atom is 0.181 e. The Balaban J connectivity index is 3.53. The van der Waals surface area contributed by atoms with Gasteiger partial charge in [-0.25, -0.2) is 27.5 Å². The van der Waals surface area contributed by atoms with Crippen LogP contribution in [0.3, 0.4) is 0 Å². The van der Waals surface area contributed by atoms with Gasteiger partial charge in [-0.15, -0.1) is 0 Å². The molecule has 8 heteroatoms. The lowest BCUT2D eigenvalue weighted by Crippen LogP contribution is -2.10. The van der Waals surface area contributed by atoms with Crippen LogP contribution in [0.15, 0.2) is 11.0 Å². The molecule has 1 aromatic rings. The van der Waals surface area contributed by atoms with E-state index in [9.17, 15) is 21.6 Å². The minimum atomic E-state index is -4.18. The Morgan fingerprint density at radius 1 is 1.31 bits per heavy atom. The Hall–Kier alpha value is -1.12. The molecule has 0 aliphatic carbocycles. The quantitative estimate of drug-likeness (QED) is 0.643. The van der Waals surface area contributed by atoms with Crippen LogP contribution < -0.4 is 5.90 Å². The minimum absolute atomic E-state index is 0.495. The number of sulfone groups is 1. The molecule has 0 aromatic heterocycles. The summed E-state index contributed by atoms with van der Waals surface area (Å²) in [7, 11) is -4.18. The molecule has 0 aliphatic rings. The van der Waals surface area contributed by atoms with Crippen molar-refractivity contribution in [3.8, 4) is 0 Å². The fraction of sp³-hybridized carbons (Fsp3) is 0.250. The van der Waals surface area contributed by atoms with Crippen LogP contribution in [0.1, 0.15) is 5.56 Å². The largest absolute Gasteiger partial charge is 0.300 e. The Morgan fingerprint density at radius 3 is 2.31 bits per heavy atom. The Morgan fingerprint density at radius 2 is 1.88 bits per heavy atom. The summed E-state index contributed by atoms with van der Waals surface area (Å²) >= 11 is 0. The van der Waals surface area contributed by atoms with Gasteiger partial charge in [-0.1, -0.05) is 0 Å². The van der Waals surface area contributed by atoms with Crippen LogP contribution in [0.4, 0.5) is 13.2 Å². The highest BCUT2D eigenvalue weighted by Gasteiger charge is 2.25. The Labute approximate surface area is 89.7 Å². The molecular weight excluding hydrogens is 247 g/mol. The standard InChI is InChI=1S/C8H8F3NO3S/c1-16(13,14)8-5(9)2-4(3-15-12)6(10)7(8)11/h2H,3,12H2,1H3. The van der Waals surface area contributed by atoms with Crippen molar-refractivity contribution < 1.29 is 26.4 Å². The molecular formula is C8H8F3NO3S. The molecule has 1 aromatic carbocycles. The number of benzene rings is 1. The molecule has 0 spiro atoms. The molecule has 1 rings (SSSR count). The van der Waals surface area contributed by atoms with Gasteiger partial charge in [0.2, 0.25) is 0 Å². The molecule has 0 atom stereocenters. The average Bonchev–Trinajstić information content (AvgIpc) is 2.12. The first-order valence-electron chi connectivity index (χ1n) is 3.97. The first kappa shape index (κ1) is 12.9. The van der Waals surface area contributed by atoms with E-state index >= 15 is 0 Å². The predicted molar refractivity (Wildman–Crippen MR) is 48.4 cm³/mol. The lowest BCUT2D eigenvalue weighted by atomic mass is 10.2. The van der Waals surface area contributed by atoms with Gasteiger partial charge < -0.3 is 0 Å². The zero-order chi connectivity index (χ0) is 12.5. The zero-order valence-corrected chi connectivity index (χ0v) is 8.95. The highest BCUT2D eigenvalue weighted by atomic mass is 32.2. The van der Waals surface area contributed by atoms with Crippen LogP contribution in [0, 0.1) is 17.5 Å². The van der Waals surface area contributed by atoms with E-state index in [1.807, 2.05) is 0 Å². The average molecular weight is 255 g/mol. The van der Waals surface area contributed by atoms with E-state index < -0.39 is 44.4 Å². The Bertz CT molecular complexity index is 516. The molecule has 0 aliphatic heterocycles. The van der Waals surface area contributed by atoms with E-state index in [-0.39, 0.29) is 0 Å². The number of hydrogen-bond donors (Lipinski definition) is 1. The summed E-state index contributed by atoms with van der Waals surface area (Å²) in [5, 5.41) is 0. The van der Waals surface area contributed by atoms with Crippen molar-refractivity contribution in [1.29, 1.82) is 0 Å². The van der Waals surface area contributed by atoms with Crippen molar-refractivity contribution in [3.05, 3.63) is 29.1 Å². The van der Waals surface area contributed by atoms with Crippen molar-refractivity contribution in [2.24, 2.45) is 5.90 Å². The van der Waals surface area contributed by atoms with Gasteiger partial charge in [0.15, 0.2) is 21.5 Å². The second-order valence-electron chi connectivity index (χ2n) is 3.06. The van der Waals surface area contributed by atoms with E-state index in [1.165, 1.54) is 0 Å². The van der Waals surface area contributed by atoms with Crippen molar-refractivity contribution in [2.75, 3.05) is 6.26 Å². The molecule has 2 N–H and O–H groups in total. The molecule has 0 fully saturated rings. The zero-order valence-electron chi connectivity index (χ0n) is 8.13. The summed E-state index contributed by atoms with van der Waals surface area (Å²) in [4.78, 5) is 2.72. The highest BCUT2D eigenvalue weighted by Crippen LogP contribution is 2.24. The molecule has 0 saturated carbocycles. The van der Waals surface area contributed by atoms with Gasteiger partial charge in [0, 0.05) is 11.8 Å². The molecule has 0 saturated heterocycles. The summed E-state index contributed by atoms with van der Waals surface area (Å²) in [6.07, 6.45) is 0.576. The van der Waals surface area contributed by atoms with Crippen LogP contribution in [0.25, 0.3) is 0 Å². The second kappa shape index (κ2) is 4.40. The molecule has 0 unspecified atom stereocenters. The summed E-state index contributed by atoms with van der Waals surface area (Å²) in [5.74, 6) is -0.0197. The molecule has 4 nitrogen and oxygen atoms in total. The van der Waals surface area contributed by atoms with Gasteiger partial charge in [0.25, 0.3) is 0 Å². The molecule has 90 valence electrons. The van der Waals surface area contributed by atoms with Crippen molar-refractivity contribution in [3.63, 3.8) is 0 Å². The molecule has 0 amide bonds. The predicted octanol–water partition coefficient (Wildman–Crippen LogP) is 0.898. The van der Waals surface area contributed by atoms with Gasteiger partial charge in [0.05, 0.1) is 6.61 Å². The van der Waals surface area contributed by atoms with E-state index in [2.05, 4.69) is 10.7 Å². The summed E-state index contributed by atoms with van der Waals surface area (Å²) < 4.78 is 61.7. The lowest BCUT2D eigenvalue weighted by Gasteiger charge is -2.07. The van der Waals surface area contributed by atoms with Crippen LogP contribution in [0.2, 0.25) is 0 Å². The molecule has 16 heavy (non-hydrogen) atoms. The van der Waals surface area contributed by atoms with E-state index in [1.54, 1.807) is 0 Å². The smallest absolute Gasteiger partial charge is 0.181 e. The molecule has 0 radical (unpaired) electrons. The third-order valence-corrected chi connectivity index (χ3v) is 2.92. The SMILES string of the molecule is CS(=O)(=O)c1c(F)cc(CON)c(F)c1F. The summed E-state index contributed by atoms with van der Waals surface area (Å²) in [5.41, 5.74) is -0.495. The summed E-state index contributed by atoms with van der Waals surface area (Å²) in [6.45, 7) is -0.566. The van der Waals surface area contributed by atoms with Gasteiger partial charge in [0.1, 0.15) is 10.7 Å². The van der Waals surface area contributed by atoms with Gasteiger partial charge in [-0.2, -0.15) is 0 Å². The monoisotopic (exact) mass is 255 g/mol. The van der Waals surface area contributed by atoms with Gasteiger partial charge in [-0.3, -0.25) is 4.84 Å². The van der Waals surface area contributed by atoms with Crippen molar-refractivity contribution >= 4 is 9.84 Å². The number of hydrogen-bond acceptors (Lipinski definition) is 4. The van der Waals surface area contributed by atoms with E-state index in [0.29, 0.717) is 12.3 Å². The van der Waals surface area contributed by atoms with Crippen LogP contribution in [-0.4, -0.2) is 14.7 Å². The Kier molecular flexibility index (Phi) is 3.56. The first-order valence-corrected chi connectivity index (χ1v) is 5.86. The van der Waals surface area contributed by atoms with Crippen molar-refractivity contribution in [2.45, 2.75) is 11.5 Å². The number of nitrogens with two attached hydrogens (primary N) is 1. The second-order valence-corrected chi connectivity index (χ2v) is 5.01. The maximum absolute atomic E-state index is 13.3. The third kappa shape index (κ3) is 2.34. The van der Waals surface area contributed by atoms with E-state index in [4.69, 9.17) is 0 Å². The first-order chi connectivity index (χ1) is 7.29. The maximum atomic E-state index is 13.3. The minimum Gasteiger partial charge on any atom is -0.300 e. The van der Waals surface area contributed by atoms with Crippen LogP contribution >= 0.6 is 0 Å². The summed E-state index contributed by atoms with van der Waals surface area (Å²) in [6, 6.07) is 0.529. The lowest BCUT2D eigenvalue weighted by molar-refractivity contribution is 0.120. The fourth-order valence-corrected chi connectivity index (χ4v) is 1.99. The van der Waals surface area contributed by atoms with Crippen LogP contribution in [0.5, 0.6) is 0 Å². The fourth-order valence-electron chi connectivity index (χ4n) is 1.16. The number of halogens is 3. The molecule has 0 bridgehead atoms. The normalized spacial score (nSPS) is 11.8. The topological polar surface area (TPSA) is 69.4 Å². The van der Waals surface area contributed by atoms with Gasteiger partial charge in [-0.05, 0) is 6.07 Å². The molecule has 0 heterocycles. The van der Waals surface area contributed by atoms with E-state index in [0.717, 1.165) is 0 Å². The third-order valence-electron chi connectivity index (χ3n) is 1.80. The highest BCUT2D eigenvalue weighted by molar-refractivity contribution is 7.90. The van der Waals surface area contributed by atoms with Crippen LogP contribution in [-0.2, 0) is 21.3 Å². The van der Waals surface area contributed by atoms with Gasteiger partial charge >= 0.3 is 0 Å². The number of rotatable bonds is 3.